The van der Waals surface area contributed by atoms with Crippen molar-refractivity contribution < 1.29 is 13.2 Å². The van der Waals surface area contributed by atoms with Gasteiger partial charge in [0.1, 0.15) is 5.82 Å². The number of carbonyl (C=O) groups is 1. The molecule has 4 aromatic rings. The van der Waals surface area contributed by atoms with Gasteiger partial charge < -0.3 is 9.88 Å². The van der Waals surface area contributed by atoms with Crippen molar-refractivity contribution in [2.24, 2.45) is 5.92 Å². The summed E-state index contributed by atoms with van der Waals surface area (Å²) in [5.41, 5.74) is 1.97. The van der Waals surface area contributed by atoms with Gasteiger partial charge in [-0.15, -0.1) is 0 Å². The highest BCUT2D eigenvalue weighted by Crippen LogP contribution is 2.26. The molecule has 1 amide bonds. The van der Waals surface area contributed by atoms with Crippen LogP contribution in [-0.4, -0.2) is 41.3 Å². The minimum atomic E-state index is -3.59. The SMILES string of the molecule is CCn1c(CNC(=O)C2CCN(S(=O)(=O)c3ccc4ccccc4c3)CC2)nc2ccccc21. The zero-order chi connectivity index (χ0) is 23.7. The predicted molar refractivity (Wildman–Crippen MR) is 133 cm³/mol. The lowest BCUT2D eigenvalue weighted by atomic mass is 9.97. The third-order valence-corrected chi connectivity index (χ3v) is 8.55. The lowest BCUT2D eigenvalue weighted by Gasteiger charge is -2.30. The van der Waals surface area contributed by atoms with E-state index in [2.05, 4.69) is 21.8 Å². The van der Waals surface area contributed by atoms with E-state index >= 15 is 0 Å². The molecule has 1 aromatic heterocycles. The fourth-order valence-electron chi connectivity index (χ4n) is 4.76. The van der Waals surface area contributed by atoms with Crippen molar-refractivity contribution in [3.05, 3.63) is 72.6 Å². The Morgan fingerprint density at radius 1 is 1.00 bits per heavy atom. The summed E-state index contributed by atoms with van der Waals surface area (Å²) < 4.78 is 30.0. The van der Waals surface area contributed by atoms with Crippen LogP contribution in [0.25, 0.3) is 21.8 Å². The summed E-state index contributed by atoms with van der Waals surface area (Å²) in [4.78, 5) is 17.8. The molecular formula is C26H28N4O3S. The summed E-state index contributed by atoms with van der Waals surface area (Å²) in [6.07, 6.45) is 1.01. The number of imidazole rings is 1. The maximum Gasteiger partial charge on any atom is 0.243 e. The maximum absolute atomic E-state index is 13.2. The van der Waals surface area contributed by atoms with E-state index < -0.39 is 10.0 Å². The molecule has 7 nitrogen and oxygen atoms in total. The number of benzene rings is 3. The van der Waals surface area contributed by atoms with E-state index in [1.807, 2.05) is 54.6 Å². The van der Waals surface area contributed by atoms with Gasteiger partial charge in [-0.05, 0) is 54.8 Å². The van der Waals surface area contributed by atoms with Crippen LogP contribution in [0.3, 0.4) is 0 Å². The molecule has 8 heteroatoms. The zero-order valence-corrected chi connectivity index (χ0v) is 20.0. The molecule has 1 aliphatic rings. The van der Waals surface area contributed by atoms with Crippen molar-refractivity contribution in [2.75, 3.05) is 13.1 Å². The molecule has 0 radical (unpaired) electrons. The van der Waals surface area contributed by atoms with E-state index in [9.17, 15) is 13.2 Å². The van der Waals surface area contributed by atoms with Gasteiger partial charge in [-0.1, -0.05) is 42.5 Å². The monoisotopic (exact) mass is 476 g/mol. The van der Waals surface area contributed by atoms with Gasteiger partial charge in [0.05, 0.1) is 22.5 Å². The summed E-state index contributed by atoms with van der Waals surface area (Å²) >= 11 is 0. The molecule has 0 saturated carbocycles. The van der Waals surface area contributed by atoms with E-state index in [0.29, 0.717) is 37.4 Å². The molecule has 5 rings (SSSR count). The first kappa shape index (κ1) is 22.6. The van der Waals surface area contributed by atoms with E-state index in [0.717, 1.165) is 34.2 Å². The lowest BCUT2D eigenvalue weighted by molar-refractivity contribution is -0.126. The van der Waals surface area contributed by atoms with Crippen LogP contribution >= 0.6 is 0 Å². The first-order valence-electron chi connectivity index (χ1n) is 11.7. The Hall–Kier alpha value is -3.23. The third-order valence-electron chi connectivity index (χ3n) is 6.65. The second kappa shape index (κ2) is 9.19. The van der Waals surface area contributed by atoms with Crippen LogP contribution in [0.15, 0.2) is 71.6 Å². The Morgan fingerprint density at radius 2 is 1.71 bits per heavy atom. The molecule has 1 aliphatic heterocycles. The fourth-order valence-corrected chi connectivity index (χ4v) is 6.26. The number of nitrogens with one attached hydrogen (secondary N) is 1. The smallest absolute Gasteiger partial charge is 0.243 e. The van der Waals surface area contributed by atoms with Gasteiger partial charge in [-0.25, -0.2) is 13.4 Å². The Bertz CT molecular complexity index is 1450. The Kier molecular flexibility index (Phi) is 6.10. The Balaban J connectivity index is 1.22. The third kappa shape index (κ3) is 4.19. The number of nitrogens with zero attached hydrogens (tertiary/aromatic N) is 3. The van der Waals surface area contributed by atoms with Crippen molar-refractivity contribution in [2.45, 2.75) is 37.8 Å². The molecule has 34 heavy (non-hydrogen) atoms. The quantitative estimate of drug-likeness (QED) is 0.457. The van der Waals surface area contributed by atoms with Crippen molar-refractivity contribution >= 4 is 37.7 Å². The summed E-state index contributed by atoms with van der Waals surface area (Å²) in [5, 5.41) is 4.93. The molecule has 0 spiro atoms. The highest BCUT2D eigenvalue weighted by Gasteiger charge is 2.32. The number of aryl methyl sites for hydroxylation is 1. The molecule has 176 valence electrons. The molecule has 0 aliphatic carbocycles. The van der Waals surface area contributed by atoms with E-state index in [1.165, 1.54) is 4.31 Å². The molecule has 0 bridgehead atoms. The van der Waals surface area contributed by atoms with E-state index in [4.69, 9.17) is 0 Å². The van der Waals surface area contributed by atoms with E-state index in [1.54, 1.807) is 12.1 Å². The van der Waals surface area contributed by atoms with Crippen molar-refractivity contribution in [1.82, 2.24) is 19.2 Å². The van der Waals surface area contributed by atoms with Crippen LogP contribution < -0.4 is 5.32 Å². The second-order valence-electron chi connectivity index (χ2n) is 8.67. The largest absolute Gasteiger partial charge is 0.349 e. The summed E-state index contributed by atoms with van der Waals surface area (Å²) in [6.45, 7) is 3.86. The van der Waals surface area contributed by atoms with Gasteiger partial charge in [-0.2, -0.15) is 4.31 Å². The van der Waals surface area contributed by atoms with Crippen LogP contribution in [0.4, 0.5) is 0 Å². The van der Waals surface area contributed by atoms with Gasteiger partial charge in [0.15, 0.2) is 0 Å². The van der Waals surface area contributed by atoms with Gasteiger partial charge in [-0.3, -0.25) is 4.79 Å². The minimum Gasteiger partial charge on any atom is -0.349 e. The number of carbonyl (C=O) groups excluding carboxylic acids is 1. The number of fused-ring (bicyclic) bond motifs is 2. The summed E-state index contributed by atoms with van der Waals surface area (Å²) in [7, 11) is -3.59. The van der Waals surface area contributed by atoms with E-state index in [-0.39, 0.29) is 11.8 Å². The highest BCUT2D eigenvalue weighted by atomic mass is 32.2. The minimum absolute atomic E-state index is 0.0440. The number of piperidine rings is 1. The average Bonchev–Trinajstić information content (AvgIpc) is 3.24. The molecule has 1 fully saturated rings. The van der Waals surface area contributed by atoms with Crippen LogP contribution in [0.5, 0.6) is 0 Å². The molecule has 3 aromatic carbocycles. The van der Waals surface area contributed by atoms with Crippen LogP contribution in [0.1, 0.15) is 25.6 Å². The first-order valence-corrected chi connectivity index (χ1v) is 13.1. The van der Waals surface area contributed by atoms with Crippen molar-refractivity contribution in [1.29, 1.82) is 0 Å². The van der Waals surface area contributed by atoms with Crippen LogP contribution in [0.2, 0.25) is 0 Å². The number of sulfonamides is 1. The maximum atomic E-state index is 13.2. The summed E-state index contributed by atoms with van der Waals surface area (Å²) in [6, 6.07) is 20.9. The molecule has 0 atom stereocenters. The molecule has 1 N–H and O–H groups in total. The van der Waals surface area contributed by atoms with Gasteiger partial charge in [0.25, 0.3) is 0 Å². The second-order valence-corrected chi connectivity index (χ2v) is 10.6. The number of aromatic nitrogens is 2. The van der Waals surface area contributed by atoms with Gasteiger partial charge in [0.2, 0.25) is 15.9 Å². The van der Waals surface area contributed by atoms with Gasteiger partial charge >= 0.3 is 0 Å². The highest BCUT2D eigenvalue weighted by molar-refractivity contribution is 7.89. The zero-order valence-electron chi connectivity index (χ0n) is 19.1. The average molecular weight is 477 g/mol. The molecule has 0 unspecified atom stereocenters. The topological polar surface area (TPSA) is 84.3 Å². The normalized spacial score (nSPS) is 15.7. The Morgan fingerprint density at radius 3 is 2.47 bits per heavy atom. The number of rotatable bonds is 6. The lowest BCUT2D eigenvalue weighted by Crippen LogP contribution is -2.43. The van der Waals surface area contributed by atoms with Crippen molar-refractivity contribution in [3.63, 3.8) is 0 Å². The van der Waals surface area contributed by atoms with Crippen molar-refractivity contribution in [3.8, 4) is 0 Å². The summed E-state index contributed by atoms with van der Waals surface area (Å²) in [5.74, 6) is 0.577. The van der Waals surface area contributed by atoms with Crippen LogP contribution in [-0.2, 0) is 27.9 Å². The Labute approximate surface area is 199 Å². The fraction of sp³-hybridized carbons (Fsp3) is 0.308. The first-order chi connectivity index (χ1) is 16.5. The van der Waals surface area contributed by atoms with Gasteiger partial charge in [0, 0.05) is 25.6 Å². The number of para-hydroxylation sites is 2. The number of amides is 1. The van der Waals surface area contributed by atoms with Crippen LogP contribution in [0, 0.1) is 5.92 Å². The standard InChI is InChI=1S/C26H28N4O3S/c1-2-30-24-10-6-5-9-23(24)28-25(30)18-27-26(31)20-13-15-29(16-14-20)34(32,33)22-12-11-19-7-3-4-8-21(19)17-22/h3-12,17,20H,2,13-16,18H2,1H3,(H,27,31). The molecule has 1 saturated heterocycles. The predicted octanol–water partition coefficient (Wildman–Crippen LogP) is 3.93. The number of hydrogen-bond donors (Lipinski definition) is 1. The molecular weight excluding hydrogens is 448 g/mol. The molecule has 2 heterocycles. The number of hydrogen-bond acceptors (Lipinski definition) is 4.